The van der Waals surface area contributed by atoms with Crippen LogP contribution < -0.4 is 0 Å². The maximum atomic E-state index is 12.0. The largest absolute Gasteiger partial charge is 0.466 e. The van der Waals surface area contributed by atoms with E-state index in [1.807, 2.05) is 30.9 Å². The molecule has 26 heavy (non-hydrogen) atoms. The van der Waals surface area contributed by atoms with Crippen LogP contribution in [0, 0.1) is 5.92 Å². The quantitative estimate of drug-likeness (QED) is 0.439. The van der Waals surface area contributed by atoms with Gasteiger partial charge < -0.3 is 4.74 Å². The molecule has 1 saturated carbocycles. The van der Waals surface area contributed by atoms with Crippen LogP contribution in [0.4, 0.5) is 0 Å². The molecule has 2 atom stereocenters. The van der Waals surface area contributed by atoms with Crippen molar-refractivity contribution in [3.8, 4) is 10.4 Å². The van der Waals surface area contributed by atoms with E-state index < -0.39 is 0 Å². The van der Waals surface area contributed by atoms with Crippen LogP contribution in [0.2, 0.25) is 0 Å². The van der Waals surface area contributed by atoms with Crippen LogP contribution in [0.1, 0.15) is 19.8 Å². The number of halogens is 1. The highest BCUT2D eigenvalue weighted by Crippen LogP contribution is 2.45. The summed E-state index contributed by atoms with van der Waals surface area (Å²) in [5.41, 5.74) is 2.19. The van der Waals surface area contributed by atoms with Crippen molar-refractivity contribution >= 4 is 55.9 Å². The van der Waals surface area contributed by atoms with Crippen molar-refractivity contribution in [2.75, 3.05) is 6.61 Å². The summed E-state index contributed by atoms with van der Waals surface area (Å²) in [7, 11) is 0. The normalized spacial score (nSPS) is 19.3. The van der Waals surface area contributed by atoms with Gasteiger partial charge in [0.1, 0.15) is 0 Å². The average Bonchev–Trinajstić information content (AvgIpc) is 3.06. The van der Waals surface area contributed by atoms with Crippen LogP contribution >= 0.6 is 39.0 Å². The highest BCUT2D eigenvalue weighted by molar-refractivity contribution is 9.10. The van der Waals surface area contributed by atoms with E-state index in [1.165, 1.54) is 14.6 Å². The maximum Gasteiger partial charge on any atom is 0.310 e. The lowest BCUT2D eigenvalue weighted by molar-refractivity contribution is -0.150. The van der Waals surface area contributed by atoms with Crippen LogP contribution in [0.5, 0.6) is 0 Å². The van der Waals surface area contributed by atoms with E-state index in [2.05, 4.69) is 51.2 Å². The highest BCUT2D eigenvalue weighted by Gasteiger charge is 2.38. The molecule has 4 rings (SSSR count). The Balaban J connectivity index is 1.55. The lowest BCUT2D eigenvalue weighted by atomic mass is 9.85. The summed E-state index contributed by atoms with van der Waals surface area (Å²) < 4.78 is 7.47. The van der Waals surface area contributed by atoms with Gasteiger partial charge in [-0.2, -0.15) is 0 Å². The van der Waals surface area contributed by atoms with Crippen molar-refractivity contribution in [2.45, 2.75) is 29.2 Å². The first-order chi connectivity index (χ1) is 12.7. The van der Waals surface area contributed by atoms with Gasteiger partial charge in [-0.25, -0.2) is 0 Å². The molecule has 0 N–H and O–H groups in total. The zero-order valence-corrected chi connectivity index (χ0v) is 17.5. The number of aromatic nitrogens is 1. The van der Waals surface area contributed by atoms with E-state index in [0.717, 1.165) is 28.2 Å². The molecule has 2 unspecified atom stereocenters. The number of rotatable bonds is 5. The number of thiophene rings is 1. The molecule has 1 aromatic carbocycles. The summed E-state index contributed by atoms with van der Waals surface area (Å²) >= 11 is 7.10. The molecule has 3 aromatic rings. The lowest BCUT2D eigenvalue weighted by Crippen LogP contribution is -2.36. The van der Waals surface area contributed by atoms with Crippen molar-refractivity contribution in [3.63, 3.8) is 0 Å². The molecule has 1 fully saturated rings. The van der Waals surface area contributed by atoms with Crippen LogP contribution in [0.15, 0.2) is 51.3 Å². The minimum absolute atomic E-state index is 0.0428. The third-order valence-electron chi connectivity index (χ3n) is 4.62. The number of thioether (sulfide) groups is 1. The van der Waals surface area contributed by atoms with Gasteiger partial charge in [0.2, 0.25) is 0 Å². The first-order valence-electron chi connectivity index (χ1n) is 8.63. The SMILES string of the molecule is CCOC(=O)C1CCC1Sc1ccc(-c2ccnc3cc(Br)ccc23)s1. The second-order valence-corrected chi connectivity index (χ2v) is 9.77. The lowest BCUT2D eigenvalue weighted by Gasteiger charge is -2.33. The predicted octanol–water partition coefficient (Wildman–Crippen LogP) is 6.16. The van der Waals surface area contributed by atoms with Gasteiger partial charge in [0.25, 0.3) is 0 Å². The summed E-state index contributed by atoms with van der Waals surface area (Å²) in [6, 6.07) is 12.6. The number of carbonyl (C=O) groups excluding carboxylic acids is 1. The van der Waals surface area contributed by atoms with Crippen LogP contribution in [0.3, 0.4) is 0 Å². The number of hydrogen-bond acceptors (Lipinski definition) is 5. The number of carbonyl (C=O) groups is 1. The number of esters is 1. The molecule has 2 heterocycles. The van der Waals surface area contributed by atoms with Crippen molar-refractivity contribution in [1.29, 1.82) is 0 Å². The number of fused-ring (bicyclic) bond motifs is 1. The van der Waals surface area contributed by atoms with Gasteiger partial charge in [-0.15, -0.1) is 23.1 Å². The third kappa shape index (κ3) is 3.55. The standard InChI is InChI=1S/C20H18BrNO2S2/c1-2-24-20(23)15-5-6-18(15)26-19-8-7-17(25-19)14-9-10-22-16-11-12(21)3-4-13(14)16/h3-4,7-11,15,18H,2,5-6H2,1H3. The summed E-state index contributed by atoms with van der Waals surface area (Å²) in [4.78, 5) is 17.7. The maximum absolute atomic E-state index is 12.0. The number of nitrogens with zero attached hydrogens (tertiary/aromatic N) is 1. The topological polar surface area (TPSA) is 39.2 Å². The Morgan fingerprint density at radius 3 is 2.96 bits per heavy atom. The first kappa shape index (κ1) is 18.0. The van der Waals surface area contributed by atoms with Crippen molar-refractivity contribution in [3.05, 3.63) is 47.1 Å². The van der Waals surface area contributed by atoms with Gasteiger partial charge in [-0.1, -0.05) is 22.0 Å². The molecule has 1 aliphatic rings. The Kier molecular flexibility index (Phi) is 5.34. The molecule has 0 aliphatic heterocycles. The van der Waals surface area contributed by atoms with Crippen LogP contribution in [0.25, 0.3) is 21.3 Å². The third-order valence-corrected chi connectivity index (χ3v) is 7.80. The van der Waals surface area contributed by atoms with Gasteiger partial charge >= 0.3 is 5.97 Å². The molecule has 134 valence electrons. The summed E-state index contributed by atoms with van der Waals surface area (Å²) in [6.45, 7) is 2.32. The zero-order valence-electron chi connectivity index (χ0n) is 14.3. The number of ether oxygens (including phenoxy) is 1. The molecule has 1 aliphatic carbocycles. The van der Waals surface area contributed by atoms with Gasteiger partial charge in [0.15, 0.2) is 0 Å². The monoisotopic (exact) mass is 447 g/mol. The number of benzene rings is 1. The smallest absolute Gasteiger partial charge is 0.310 e. The zero-order chi connectivity index (χ0) is 18.1. The Bertz CT molecular complexity index is 956. The van der Waals surface area contributed by atoms with E-state index in [1.54, 1.807) is 11.3 Å². The van der Waals surface area contributed by atoms with Crippen molar-refractivity contribution in [1.82, 2.24) is 4.98 Å². The molecule has 0 radical (unpaired) electrons. The van der Waals surface area contributed by atoms with E-state index in [0.29, 0.717) is 11.9 Å². The highest BCUT2D eigenvalue weighted by atomic mass is 79.9. The average molecular weight is 448 g/mol. The van der Waals surface area contributed by atoms with Crippen molar-refractivity contribution < 1.29 is 9.53 Å². The molecule has 0 bridgehead atoms. The fourth-order valence-corrected chi connectivity index (χ4v) is 6.21. The fraction of sp³-hybridized carbons (Fsp3) is 0.300. The van der Waals surface area contributed by atoms with Gasteiger partial charge in [0, 0.05) is 31.7 Å². The predicted molar refractivity (Wildman–Crippen MR) is 112 cm³/mol. The van der Waals surface area contributed by atoms with Crippen LogP contribution in [-0.2, 0) is 9.53 Å². The molecular formula is C20H18BrNO2S2. The molecule has 3 nitrogen and oxygen atoms in total. The Labute approximate surface area is 169 Å². The molecule has 0 amide bonds. The summed E-state index contributed by atoms with van der Waals surface area (Å²) in [5, 5.41) is 1.49. The molecule has 2 aromatic heterocycles. The van der Waals surface area contributed by atoms with Gasteiger partial charge in [-0.3, -0.25) is 9.78 Å². The van der Waals surface area contributed by atoms with E-state index in [9.17, 15) is 4.79 Å². The molecule has 0 saturated heterocycles. The first-order valence-corrected chi connectivity index (χ1v) is 11.1. The fourth-order valence-electron chi connectivity index (χ4n) is 3.14. The Morgan fingerprint density at radius 2 is 2.19 bits per heavy atom. The van der Waals surface area contributed by atoms with E-state index in [4.69, 9.17) is 4.74 Å². The Morgan fingerprint density at radius 1 is 1.31 bits per heavy atom. The molecule has 0 spiro atoms. The number of pyridine rings is 1. The molecule has 6 heteroatoms. The van der Waals surface area contributed by atoms with E-state index >= 15 is 0 Å². The minimum Gasteiger partial charge on any atom is -0.466 e. The van der Waals surface area contributed by atoms with Gasteiger partial charge in [-0.05, 0) is 50.1 Å². The second-order valence-electron chi connectivity index (χ2n) is 6.23. The second kappa shape index (κ2) is 7.71. The summed E-state index contributed by atoms with van der Waals surface area (Å²) in [6.07, 6.45) is 3.88. The van der Waals surface area contributed by atoms with Crippen LogP contribution in [-0.4, -0.2) is 22.8 Å². The molecular weight excluding hydrogens is 430 g/mol. The van der Waals surface area contributed by atoms with Crippen molar-refractivity contribution in [2.24, 2.45) is 5.92 Å². The van der Waals surface area contributed by atoms with Gasteiger partial charge in [0.05, 0.1) is 22.3 Å². The minimum atomic E-state index is -0.0428. The number of hydrogen-bond donors (Lipinski definition) is 0. The summed E-state index contributed by atoms with van der Waals surface area (Å²) in [5.74, 6) is 0.00309. The van der Waals surface area contributed by atoms with E-state index in [-0.39, 0.29) is 11.9 Å². The Hall–Kier alpha value is -1.37.